The smallest absolute Gasteiger partial charge is 0.133 e. The molecule has 0 aliphatic rings. The third-order valence-electron chi connectivity index (χ3n) is 4.53. The van der Waals surface area contributed by atoms with Crippen molar-refractivity contribution in [1.29, 1.82) is 0 Å². The first-order chi connectivity index (χ1) is 13.4. The summed E-state index contributed by atoms with van der Waals surface area (Å²) in [5.41, 5.74) is 4.51. The number of rotatable bonds is 6. The summed E-state index contributed by atoms with van der Waals surface area (Å²) in [6.45, 7) is 0. The maximum absolute atomic E-state index is 4.57. The number of pyridine rings is 3. The first-order valence-corrected chi connectivity index (χ1v) is 8.96. The van der Waals surface area contributed by atoms with Crippen molar-refractivity contribution in [3.8, 4) is 0 Å². The van der Waals surface area contributed by atoms with Gasteiger partial charge in [0.15, 0.2) is 0 Å². The Kier molecular flexibility index (Phi) is 5.16. The highest BCUT2D eigenvalue weighted by molar-refractivity contribution is 5.59. The fourth-order valence-electron chi connectivity index (χ4n) is 3.19. The van der Waals surface area contributed by atoms with Crippen LogP contribution in [0.4, 0.5) is 11.5 Å². The maximum atomic E-state index is 4.57. The molecular weight excluding hydrogens is 332 g/mol. The van der Waals surface area contributed by atoms with Crippen molar-refractivity contribution in [2.45, 2.75) is 12.3 Å². The molecule has 0 amide bonds. The van der Waals surface area contributed by atoms with E-state index >= 15 is 0 Å². The van der Waals surface area contributed by atoms with E-state index in [2.05, 4.69) is 38.5 Å². The molecule has 0 atom stereocenters. The van der Waals surface area contributed by atoms with Crippen LogP contribution in [0.2, 0.25) is 0 Å². The van der Waals surface area contributed by atoms with E-state index in [0.717, 1.165) is 23.5 Å². The van der Waals surface area contributed by atoms with Gasteiger partial charge < -0.3 is 5.32 Å². The van der Waals surface area contributed by atoms with Crippen LogP contribution in [0.3, 0.4) is 0 Å². The predicted octanol–water partition coefficient (Wildman–Crippen LogP) is 4.99. The lowest BCUT2D eigenvalue weighted by atomic mass is 9.87. The summed E-state index contributed by atoms with van der Waals surface area (Å²) < 4.78 is 0. The van der Waals surface area contributed by atoms with E-state index in [1.165, 1.54) is 11.1 Å². The Morgan fingerprint density at radius 1 is 0.704 bits per heavy atom. The Morgan fingerprint density at radius 3 is 2.00 bits per heavy atom. The van der Waals surface area contributed by atoms with E-state index in [0.29, 0.717) is 0 Å². The van der Waals surface area contributed by atoms with Crippen molar-refractivity contribution in [2.24, 2.45) is 0 Å². The second-order valence-electron chi connectivity index (χ2n) is 6.33. The van der Waals surface area contributed by atoms with Crippen molar-refractivity contribution < 1.29 is 0 Å². The Bertz CT molecular complexity index is 933. The molecule has 4 aromatic rings. The molecule has 3 aromatic heterocycles. The molecule has 4 rings (SSSR count). The van der Waals surface area contributed by atoms with Crippen LogP contribution in [0.5, 0.6) is 0 Å². The van der Waals surface area contributed by atoms with Crippen LogP contribution in [0, 0.1) is 0 Å². The summed E-state index contributed by atoms with van der Waals surface area (Å²) in [7, 11) is 0. The van der Waals surface area contributed by atoms with Gasteiger partial charge in [0.05, 0.1) is 0 Å². The molecule has 27 heavy (non-hydrogen) atoms. The van der Waals surface area contributed by atoms with Crippen molar-refractivity contribution in [3.63, 3.8) is 0 Å². The van der Waals surface area contributed by atoms with Gasteiger partial charge in [-0.2, -0.15) is 0 Å². The molecule has 1 N–H and O–H groups in total. The normalized spacial score (nSPS) is 10.7. The zero-order valence-electron chi connectivity index (χ0n) is 14.9. The first kappa shape index (κ1) is 16.9. The summed E-state index contributed by atoms with van der Waals surface area (Å²) in [4.78, 5) is 13.2. The lowest BCUT2D eigenvalue weighted by Gasteiger charge is -2.19. The summed E-state index contributed by atoms with van der Waals surface area (Å²) in [5.74, 6) is 1.04. The number of nitrogens with one attached hydrogen (secondary N) is 1. The molecule has 4 heteroatoms. The number of benzene rings is 1. The lowest BCUT2D eigenvalue weighted by Crippen LogP contribution is -2.08. The van der Waals surface area contributed by atoms with Crippen molar-refractivity contribution in [3.05, 3.63) is 114 Å². The summed E-state index contributed by atoms with van der Waals surface area (Å²) >= 11 is 0. The average Bonchev–Trinajstić information content (AvgIpc) is 2.75. The zero-order chi connectivity index (χ0) is 18.3. The summed E-state index contributed by atoms with van der Waals surface area (Å²) in [6.07, 6.45) is 10.1. The van der Waals surface area contributed by atoms with E-state index in [-0.39, 0.29) is 5.92 Å². The minimum atomic E-state index is 0.160. The van der Waals surface area contributed by atoms with E-state index in [4.69, 9.17) is 0 Å². The minimum Gasteiger partial charge on any atom is -0.340 e. The average molecular weight is 352 g/mol. The maximum Gasteiger partial charge on any atom is 0.133 e. The van der Waals surface area contributed by atoms with Crippen LogP contribution in [-0.2, 0) is 6.42 Å². The molecule has 0 spiro atoms. The molecule has 0 saturated carbocycles. The van der Waals surface area contributed by atoms with Gasteiger partial charge in [-0.15, -0.1) is 0 Å². The highest BCUT2D eigenvalue weighted by Gasteiger charge is 2.17. The van der Waals surface area contributed by atoms with Gasteiger partial charge in [0.1, 0.15) is 5.82 Å². The number of aromatic nitrogens is 3. The van der Waals surface area contributed by atoms with Crippen molar-refractivity contribution in [2.75, 3.05) is 5.32 Å². The lowest BCUT2D eigenvalue weighted by molar-refractivity contribution is 0.793. The molecule has 0 aliphatic carbocycles. The SMILES string of the molecule is c1ccc(Nc2ncccc2CC(c2cccnc2)c2cccnc2)cc1. The number of para-hydroxylation sites is 1. The van der Waals surface area contributed by atoms with Gasteiger partial charge in [0, 0.05) is 42.6 Å². The number of hydrogen-bond acceptors (Lipinski definition) is 4. The monoisotopic (exact) mass is 352 g/mol. The van der Waals surface area contributed by atoms with Crippen LogP contribution >= 0.6 is 0 Å². The highest BCUT2D eigenvalue weighted by atomic mass is 15.0. The number of hydrogen-bond donors (Lipinski definition) is 1. The topological polar surface area (TPSA) is 50.7 Å². The van der Waals surface area contributed by atoms with Gasteiger partial charge in [0.2, 0.25) is 0 Å². The van der Waals surface area contributed by atoms with Crippen LogP contribution in [-0.4, -0.2) is 15.0 Å². The van der Waals surface area contributed by atoms with Crippen LogP contribution in [0.1, 0.15) is 22.6 Å². The molecule has 0 aliphatic heterocycles. The minimum absolute atomic E-state index is 0.160. The molecule has 3 heterocycles. The van der Waals surface area contributed by atoms with Crippen LogP contribution in [0.15, 0.2) is 97.7 Å². The van der Waals surface area contributed by atoms with E-state index in [9.17, 15) is 0 Å². The molecular formula is C23H20N4. The molecule has 0 radical (unpaired) electrons. The fourth-order valence-corrected chi connectivity index (χ4v) is 3.19. The largest absolute Gasteiger partial charge is 0.340 e. The molecule has 1 aromatic carbocycles. The van der Waals surface area contributed by atoms with Gasteiger partial charge >= 0.3 is 0 Å². The Hall–Kier alpha value is -3.53. The van der Waals surface area contributed by atoms with Crippen LogP contribution < -0.4 is 5.32 Å². The van der Waals surface area contributed by atoms with Gasteiger partial charge in [-0.05, 0) is 53.4 Å². The van der Waals surface area contributed by atoms with Gasteiger partial charge in [-0.1, -0.05) is 36.4 Å². The molecule has 0 saturated heterocycles. The fraction of sp³-hybridized carbons (Fsp3) is 0.0870. The second kappa shape index (κ2) is 8.23. The van der Waals surface area contributed by atoms with E-state index < -0.39 is 0 Å². The highest BCUT2D eigenvalue weighted by Crippen LogP contribution is 2.30. The summed E-state index contributed by atoms with van der Waals surface area (Å²) in [6, 6.07) is 22.4. The zero-order valence-corrected chi connectivity index (χ0v) is 14.9. The third kappa shape index (κ3) is 4.18. The molecule has 0 unspecified atom stereocenters. The number of anilines is 2. The van der Waals surface area contributed by atoms with Crippen molar-refractivity contribution in [1.82, 2.24) is 15.0 Å². The van der Waals surface area contributed by atoms with Gasteiger partial charge in [0.25, 0.3) is 0 Å². The summed E-state index contributed by atoms with van der Waals surface area (Å²) in [5, 5.41) is 3.44. The third-order valence-corrected chi connectivity index (χ3v) is 4.53. The number of nitrogens with zero attached hydrogens (tertiary/aromatic N) is 3. The van der Waals surface area contributed by atoms with Gasteiger partial charge in [-0.3, -0.25) is 9.97 Å². The second-order valence-corrected chi connectivity index (χ2v) is 6.33. The molecule has 0 bridgehead atoms. The molecule has 132 valence electrons. The first-order valence-electron chi connectivity index (χ1n) is 8.96. The van der Waals surface area contributed by atoms with Crippen LogP contribution in [0.25, 0.3) is 0 Å². The Labute approximate surface area is 159 Å². The van der Waals surface area contributed by atoms with Crippen molar-refractivity contribution >= 4 is 11.5 Å². The standard InChI is InChI=1S/C23H20N4/c1-2-10-21(11-3-1)27-23-18(7-6-14-26-23)15-22(19-8-4-12-24-16-19)20-9-5-13-25-17-20/h1-14,16-17,22H,15H2,(H,26,27). The van der Waals surface area contributed by atoms with Gasteiger partial charge in [-0.25, -0.2) is 4.98 Å². The Morgan fingerprint density at radius 2 is 1.37 bits per heavy atom. The predicted molar refractivity (Wildman–Crippen MR) is 108 cm³/mol. The molecule has 4 nitrogen and oxygen atoms in total. The Balaban J connectivity index is 1.68. The quantitative estimate of drug-likeness (QED) is 0.531. The van der Waals surface area contributed by atoms with E-state index in [1.54, 1.807) is 12.4 Å². The molecule has 0 fully saturated rings. The van der Waals surface area contributed by atoms with E-state index in [1.807, 2.05) is 67.1 Å².